The molecule has 0 radical (unpaired) electrons. The summed E-state index contributed by atoms with van der Waals surface area (Å²) in [6.45, 7) is 8.65. The Morgan fingerprint density at radius 1 is 1.35 bits per heavy atom. The minimum absolute atomic E-state index is 0.204. The summed E-state index contributed by atoms with van der Waals surface area (Å²) >= 11 is 1.63. The third-order valence-electron chi connectivity index (χ3n) is 4.16. The lowest BCUT2D eigenvalue weighted by Crippen LogP contribution is -2.51. The van der Waals surface area contributed by atoms with Gasteiger partial charge in [-0.2, -0.15) is 0 Å². The van der Waals surface area contributed by atoms with Crippen molar-refractivity contribution in [2.45, 2.75) is 33.2 Å². The Labute approximate surface area is 141 Å². The molecule has 1 fully saturated rings. The van der Waals surface area contributed by atoms with Gasteiger partial charge in [-0.25, -0.2) is 4.98 Å². The van der Waals surface area contributed by atoms with Gasteiger partial charge in [0.05, 0.1) is 17.1 Å². The number of thiazole rings is 1. The summed E-state index contributed by atoms with van der Waals surface area (Å²) in [6.07, 6.45) is 0.446. The van der Waals surface area contributed by atoms with Crippen LogP contribution in [-0.2, 0) is 11.2 Å². The fourth-order valence-corrected chi connectivity index (χ4v) is 3.88. The van der Waals surface area contributed by atoms with Crippen LogP contribution in [0.5, 0.6) is 0 Å². The molecule has 5 heteroatoms. The van der Waals surface area contributed by atoms with Gasteiger partial charge in [-0.1, -0.05) is 29.8 Å². The lowest BCUT2D eigenvalue weighted by atomic mass is 10.1. The molecule has 1 N–H and O–H groups in total. The van der Waals surface area contributed by atoms with Crippen LogP contribution >= 0.6 is 11.3 Å². The molecule has 1 atom stereocenters. The normalized spacial score (nSPS) is 18.2. The highest BCUT2D eigenvalue weighted by Crippen LogP contribution is 2.29. The number of hydrogen-bond donors (Lipinski definition) is 1. The second kappa shape index (κ2) is 6.81. The zero-order chi connectivity index (χ0) is 16.4. The SMILES string of the molecule is Cc1ccc(-c2nc(C)sc2CC(=O)N2CCNC(C)C2)cc1. The quantitative estimate of drug-likeness (QED) is 0.942. The molecule has 3 rings (SSSR count). The van der Waals surface area contributed by atoms with Crippen molar-refractivity contribution in [2.75, 3.05) is 19.6 Å². The van der Waals surface area contributed by atoms with Crippen LogP contribution in [0.3, 0.4) is 0 Å². The number of carbonyl (C=O) groups is 1. The van der Waals surface area contributed by atoms with Crippen LogP contribution in [0.15, 0.2) is 24.3 Å². The van der Waals surface area contributed by atoms with Crippen LogP contribution in [0.2, 0.25) is 0 Å². The van der Waals surface area contributed by atoms with Gasteiger partial charge in [-0.15, -0.1) is 11.3 Å². The van der Waals surface area contributed by atoms with E-state index in [4.69, 9.17) is 0 Å². The van der Waals surface area contributed by atoms with Gasteiger partial charge in [0.1, 0.15) is 0 Å². The molecule has 1 amide bonds. The smallest absolute Gasteiger partial charge is 0.228 e. The van der Waals surface area contributed by atoms with E-state index in [-0.39, 0.29) is 5.91 Å². The average molecular weight is 329 g/mol. The minimum Gasteiger partial charge on any atom is -0.340 e. The van der Waals surface area contributed by atoms with Crippen molar-refractivity contribution in [1.29, 1.82) is 0 Å². The van der Waals surface area contributed by atoms with Gasteiger partial charge in [-0.3, -0.25) is 4.79 Å². The van der Waals surface area contributed by atoms with Crippen LogP contribution < -0.4 is 5.32 Å². The molecule has 2 heterocycles. The van der Waals surface area contributed by atoms with E-state index in [0.29, 0.717) is 12.5 Å². The zero-order valence-corrected chi connectivity index (χ0v) is 14.7. The molecule has 1 aliphatic heterocycles. The number of carbonyl (C=O) groups excluding carboxylic acids is 1. The Morgan fingerprint density at radius 3 is 2.78 bits per heavy atom. The topological polar surface area (TPSA) is 45.2 Å². The number of aromatic nitrogens is 1. The maximum atomic E-state index is 12.6. The van der Waals surface area contributed by atoms with E-state index in [1.165, 1.54) is 5.56 Å². The summed E-state index contributed by atoms with van der Waals surface area (Å²) in [5.41, 5.74) is 3.29. The van der Waals surface area contributed by atoms with Gasteiger partial charge in [0, 0.05) is 36.1 Å². The maximum absolute atomic E-state index is 12.6. The molecule has 4 nitrogen and oxygen atoms in total. The van der Waals surface area contributed by atoms with Crippen molar-refractivity contribution in [2.24, 2.45) is 0 Å². The van der Waals surface area contributed by atoms with E-state index in [1.807, 2.05) is 11.8 Å². The standard InChI is InChI=1S/C18H23N3OS/c1-12-4-6-15(7-5-12)18-16(23-14(3)20-18)10-17(22)21-9-8-19-13(2)11-21/h4-7,13,19H,8-11H2,1-3H3. The summed E-state index contributed by atoms with van der Waals surface area (Å²) in [5.74, 6) is 0.204. The van der Waals surface area contributed by atoms with E-state index < -0.39 is 0 Å². The van der Waals surface area contributed by atoms with Gasteiger partial charge >= 0.3 is 0 Å². The van der Waals surface area contributed by atoms with Crippen molar-refractivity contribution in [3.63, 3.8) is 0 Å². The second-order valence-corrected chi connectivity index (χ2v) is 7.53. The first kappa shape index (κ1) is 16.1. The molecule has 122 valence electrons. The number of nitrogens with zero attached hydrogens (tertiary/aromatic N) is 2. The third-order valence-corrected chi connectivity index (χ3v) is 5.13. The Bertz CT molecular complexity index is 693. The monoisotopic (exact) mass is 329 g/mol. The van der Waals surface area contributed by atoms with E-state index in [0.717, 1.165) is 40.8 Å². The lowest BCUT2D eigenvalue weighted by Gasteiger charge is -2.31. The number of rotatable bonds is 3. The molecule has 2 aromatic rings. The Balaban J connectivity index is 1.80. The molecule has 0 saturated carbocycles. The molecule has 1 saturated heterocycles. The van der Waals surface area contributed by atoms with Gasteiger partial charge < -0.3 is 10.2 Å². The molecule has 1 aromatic carbocycles. The number of nitrogens with one attached hydrogen (secondary N) is 1. The Kier molecular flexibility index (Phi) is 4.78. The lowest BCUT2D eigenvalue weighted by molar-refractivity contribution is -0.131. The predicted octanol–water partition coefficient (Wildman–Crippen LogP) is 2.79. The number of aryl methyl sites for hydroxylation is 2. The summed E-state index contributed by atoms with van der Waals surface area (Å²) in [6, 6.07) is 8.73. The number of piperazine rings is 1. The maximum Gasteiger partial charge on any atom is 0.228 e. The summed E-state index contributed by atoms with van der Waals surface area (Å²) < 4.78 is 0. The van der Waals surface area contributed by atoms with Gasteiger partial charge in [-0.05, 0) is 20.8 Å². The van der Waals surface area contributed by atoms with Crippen LogP contribution in [0.1, 0.15) is 22.4 Å². The zero-order valence-electron chi connectivity index (χ0n) is 13.9. The summed E-state index contributed by atoms with van der Waals surface area (Å²) in [4.78, 5) is 20.3. The van der Waals surface area contributed by atoms with Crippen molar-refractivity contribution < 1.29 is 4.79 Å². The van der Waals surface area contributed by atoms with Crippen LogP contribution in [-0.4, -0.2) is 41.5 Å². The number of benzene rings is 1. The predicted molar refractivity (Wildman–Crippen MR) is 94.8 cm³/mol. The first-order chi connectivity index (χ1) is 11.0. The van der Waals surface area contributed by atoms with Crippen molar-refractivity contribution in [3.05, 3.63) is 39.7 Å². The summed E-state index contributed by atoms with van der Waals surface area (Å²) in [7, 11) is 0. The highest BCUT2D eigenvalue weighted by Gasteiger charge is 2.22. The van der Waals surface area contributed by atoms with Crippen LogP contribution in [0.25, 0.3) is 11.3 Å². The second-order valence-electron chi connectivity index (χ2n) is 6.24. The number of hydrogen-bond acceptors (Lipinski definition) is 4. The highest BCUT2D eigenvalue weighted by atomic mass is 32.1. The molecule has 1 unspecified atom stereocenters. The Morgan fingerprint density at radius 2 is 2.09 bits per heavy atom. The molecule has 1 aromatic heterocycles. The molecule has 0 spiro atoms. The first-order valence-electron chi connectivity index (χ1n) is 8.07. The fourth-order valence-electron chi connectivity index (χ4n) is 2.93. The molecular weight excluding hydrogens is 306 g/mol. The van der Waals surface area contributed by atoms with Gasteiger partial charge in [0.2, 0.25) is 5.91 Å². The highest BCUT2D eigenvalue weighted by molar-refractivity contribution is 7.12. The average Bonchev–Trinajstić information content (AvgIpc) is 2.88. The van der Waals surface area contributed by atoms with Crippen molar-refractivity contribution >= 4 is 17.2 Å². The van der Waals surface area contributed by atoms with Crippen molar-refractivity contribution in [3.8, 4) is 11.3 Å². The van der Waals surface area contributed by atoms with E-state index >= 15 is 0 Å². The van der Waals surface area contributed by atoms with Crippen molar-refractivity contribution in [1.82, 2.24) is 15.2 Å². The summed E-state index contributed by atoms with van der Waals surface area (Å²) in [5, 5.41) is 4.38. The Hall–Kier alpha value is -1.72. The molecule has 1 aliphatic rings. The molecular formula is C18H23N3OS. The van der Waals surface area contributed by atoms with Gasteiger partial charge in [0.15, 0.2) is 0 Å². The molecule has 23 heavy (non-hydrogen) atoms. The third kappa shape index (κ3) is 3.79. The van der Waals surface area contributed by atoms with E-state index in [1.54, 1.807) is 11.3 Å². The fraction of sp³-hybridized carbons (Fsp3) is 0.444. The van der Waals surface area contributed by atoms with Crippen LogP contribution in [0, 0.1) is 13.8 Å². The minimum atomic E-state index is 0.204. The van der Waals surface area contributed by atoms with Gasteiger partial charge in [0.25, 0.3) is 0 Å². The first-order valence-corrected chi connectivity index (χ1v) is 8.89. The largest absolute Gasteiger partial charge is 0.340 e. The molecule has 0 aliphatic carbocycles. The number of amides is 1. The van der Waals surface area contributed by atoms with Crippen LogP contribution in [0.4, 0.5) is 0 Å². The van der Waals surface area contributed by atoms with E-state index in [2.05, 4.69) is 48.4 Å². The molecule has 0 bridgehead atoms. The van der Waals surface area contributed by atoms with E-state index in [9.17, 15) is 4.79 Å².